The highest BCUT2D eigenvalue weighted by atomic mass is 19.1. The minimum absolute atomic E-state index is 0.0410. The molecule has 19 heavy (non-hydrogen) atoms. The zero-order chi connectivity index (χ0) is 13.4. The monoisotopic (exact) mass is 256 g/mol. The van der Waals surface area contributed by atoms with Gasteiger partial charge in [0.25, 0.3) is 0 Å². The van der Waals surface area contributed by atoms with Crippen molar-refractivity contribution in [1.82, 2.24) is 9.38 Å². The van der Waals surface area contributed by atoms with E-state index in [-0.39, 0.29) is 5.69 Å². The van der Waals surface area contributed by atoms with E-state index in [1.807, 2.05) is 6.07 Å². The van der Waals surface area contributed by atoms with Gasteiger partial charge in [-0.05, 0) is 12.1 Å². The minimum Gasteiger partial charge on any atom is -0.476 e. The molecule has 0 saturated heterocycles. The van der Waals surface area contributed by atoms with Crippen LogP contribution in [0.2, 0.25) is 0 Å². The molecule has 0 aliphatic rings. The van der Waals surface area contributed by atoms with Gasteiger partial charge in [-0.25, -0.2) is 14.2 Å². The van der Waals surface area contributed by atoms with Gasteiger partial charge in [-0.15, -0.1) is 0 Å². The van der Waals surface area contributed by atoms with Crippen LogP contribution >= 0.6 is 0 Å². The fourth-order valence-electron chi connectivity index (χ4n) is 2.02. The summed E-state index contributed by atoms with van der Waals surface area (Å²) in [4.78, 5) is 15.7. The summed E-state index contributed by atoms with van der Waals surface area (Å²) in [5.74, 6) is -1.65. The van der Waals surface area contributed by atoms with Crippen molar-refractivity contribution in [3.05, 3.63) is 60.2 Å². The smallest absolute Gasteiger partial charge is 0.355 e. The number of benzene rings is 1. The topological polar surface area (TPSA) is 54.6 Å². The van der Waals surface area contributed by atoms with E-state index in [0.29, 0.717) is 16.9 Å². The maximum Gasteiger partial charge on any atom is 0.355 e. The van der Waals surface area contributed by atoms with E-state index < -0.39 is 11.8 Å². The van der Waals surface area contributed by atoms with Crippen LogP contribution in [0.3, 0.4) is 0 Å². The largest absolute Gasteiger partial charge is 0.476 e. The first-order chi connectivity index (χ1) is 9.16. The molecule has 0 aliphatic carbocycles. The van der Waals surface area contributed by atoms with Gasteiger partial charge in [-0.2, -0.15) is 0 Å². The Kier molecular flexibility index (Phi) is 2.52. The average Bonchev–Trinajstić information content (AvgIpc) is 2.78. The van der Waals surface area contributed by atoms with Crippen LogP contribution in [0.15, 0.2) is 48.7 Å². The van der Waals surface area contributed by atoms with Crippen molar-refractivity contribution in [3.8, 4) is 11.3 Å². The highest BCUT2D eigenvalue weighted by Gasteiger charge is 2.19. The fraction of sp³-hybridized carbons (Fsp3) is 0. The molecule has 0 aliphatic heterocycles. The van der Waals surface area contributed by atoms with Crippen molar-refractivity contribution < 1.29 is 14.3 Å². The van der Waals surface area contributed by atoms with Crippen LogP contribution in [0.5, 0.6) is 0 Å². The van der Waals surface area contributed by atoms with E-state index in [2.05, 4.69) is 4.98 Å². The number of hydrogen-bond acceptors (Lipinski definition) is 2. The molecule has 94 valence electrons. The molecule has 0 amide bonds. The second-order valence-electron chi connectivity index (χ2n) is 4.06. The number of rotatable bonds is 2. The van der Waals surface area contributed by atoms with Crippen molar-refractivity contribution >= 4 is 11.6 Å². The summed E-state index contributed by atoms with van der Waals surface area (Å²) in [5, 5.41) is 9.32. The minimum atomic E-state index is -1.14. The third-order valence-corrected chi connectivity index (χ3v) is 2.83. The molecule has 1 aromatic carbocycles. The summed E-state index contributed by atoms with van der Waals surface area (Å²) in [6.07, 6.45) is 1.12. The third-order valence-electron chi connectivity index (χ3n) is 2.83. The summed E-state index contributed by atoms with van der Waals surface area (Å²) in [5.41, 5.74) is 1.38. The maximum absolute atomic E-state index is 13.3. The van der Waals surface area contributed by atoms with Gasteiger partial charge in [-0.1, -0.05) is 30.3 Å². The number of aromatic nitrogens is 2. The third kappa shape index (κ3) is 1.85. The number of nitrogens with zero attached hydrogens (tertiary/aromatic N) is 2. The van der Waals surface area contributed by atoms with Crippen LogP contribution in [-0.4, -0.2) is 20.5 Å². The lowest BCUT2D eigenvalue weighted by atomic mass is 10.1. The number of hydrogen-bond donors (Lipinski definition) is 1. The van der Waals surface area contributed by atoms with Crippen LogP contribution < -0.4 is 0 Å². The predicted molar refractivity (Wildman–Crippen MR) is 67.5 cm³/mol. The molecule has 3 rings (SSSR count). The van der Waals surface area contributed by atoms with E-state index in [1.165, 1.54) is 16.5 Å². The Hall–Kier alpha value is -2.69. The number of carbonyl (C=O) groups is 1. The van der Waals surface area contributed by atoms with Gasteiger partial charge in [0, 0.05) is 11.8 Å². The lowest BCUT2D eigenvalue weighted by Crippen LogP contribution is -2.03. The van der Waals surface area contributed by atoms with Gasteiger partial charge in [-0.3, -0.25) is 4.40 Å². The average molecular weight is 256 g/mol. The van der Waals surface area contributed by atoms with Crippen molar-refractivity contribution in [2.45, 2.75) is 0 Å². The molecule has 2 aromatic heterocycles. The maximum atomic E-state index is 13.3. The predicted octanol–water partition coefficient (Wildman–Crippen LogP) is 2.84. The number of carboxylic acids is 1. The molecule has 0 saturated carbocycles. The summed E-state index contributed by atoms with van der Waals surface area (Å²) in [6.45, 7) is 0. The Morgan fingerprint density at radius 2 is 1.89 bits per heavy atom. The summed E-state index contributed by atoms with van der Waals surface area (Å²) < 4.78 is 14.5. The summed E-state index contributed by atoms with van der Waals surface area (Å²) >= 11 is 0. The molecule has 0 radical (unpaired) electrons. The number of carboxylic acid groups (broad SMARTS) is 1. The first kappa shape index (κ1) is 11.4. The van der Waals surface area contributed by atoms with Gasteiger partial charge in [0.1, 0.15) is 17.2 Å². The molecule has 3 aromatic rings. The van der Waals surface area contributed by atoms with E-state index in [1.54, 1.807) is 24.3 Å². The lowest BCUT2D eigenvalue weighted by Gasteiger charge is -2.00. The molecule has 0 atom stereocenters. The molecule has 2 heterocycles. The number of halogens is 1. The zero-order valence-corrected chi connectivity index (χ0v) is 9.75. The fourth-order valence-corrected chi connectivity index (χ4v) is 2.02. The van der Waals surface area contributed by atoms with E-state index in [9.17, 15) is 14.3 Å². The Labute approximate surface area is 107 Å². The number of pyridine rings is 1. The SMILES string of the molecule is O=C(O)c1c(-c2ccccc2)nc2ccc(F)cn12. The summed E-state index contributed by atoms with van der Waals surface area (Å²) in [7, 11) is 0. The summed E-state index contributed by atoms with van der Waals surface area (Å²) in [6, 6.07) is 11.7. The van der Waals surface area contributed by atoms with Crippen LogP contribution in [-0.2, 0) is 0 Å². The first-order valence-corrected chi connectivity index (χ1v) is 5.63. The Morgan fingerprint density at radius 1 is 1.16 bits per heavy atom. The van der Waals surface area contributed by atoms with Crippen molar-refractivity contribution in [1.29, 1.82) is 0 Å². The van der Waals surface area contributed by atoms with Gasteiger partial charge in [0.2, 0.25) is 0 Å². The van der Waals surface area contributed by atoms with E-state index in [0.717, 1.165) is 6.20 Å². The van der Waals surface area contributed by atoms with Crippen molar-refractivity contribution in [2.24, 2.45) is 0 Å². The lowest BCUT2D eigenvalue weighted by molar-refractivity contribution is 0.0690. The molecular weight excluding hydrogens is 247 g/mol. The van der Waals surface area contributed by atoms with Crippen LogP contribution in [0.1, 0.15) is 10.5 Å². The Balaban J connectivity index is 2.36. The molecule has 1 N–H and O–H groups in total. The van der Waals surface area contributed by atoms with Crippen molar-refractivity contribution in [2.75, 3.05) is 0 Å². The second-order valence-corrected chi connectivity index (χ2v) is 4.06. The first-order valence-electron chi connectivity index (χ1n) is 5.63. The van der Waals surface area contributed by atoms with Gasteiger partial charge < -0.3 is 5.11 Å². The molecule has 0 bridgehead atoms. The Morgan fingerprint density at radius 3 is 2.58 bits per heavy atom. The number of fused-ring (bicyclic) bond motifs is 1. The molecular formula is C14H9FN2O2. The standard InChI is InChI=1S/C14H9FN2O2/c15-10-6-7-11-16-12(9-4-2-1-3-5-9)13(14(18)19)17(11)8-10/h1-8H,(H,18,19). The molecule has 0 spiro atoms. The quantitative estimate of drug-likeness (QED) is 0.767. The zero-order valence-electron chi connectivity index (χ0n) is 9.75. The van der Waals surface area contributed by atoms with Crippen LogP contribution in [0.4, 0.5) is 4.39 Å². The van der Waals surface area contributed by atoms with Crippen LogP contribution in [0.25, 0.3) is 16.9 Å². The van der Waals surface area contributed by atoms with Gasteiger partial charge in [0.15, 0.2) is 5.69 Å². The number of aromatic carboxylic acids is 1. The Bertz CT molecular complexity index is 766. The molecule has 5 heteroatoms. The molecule has 0 unspecified atom stereocenters. The number of imidazole rings is 1. The van der Waals surface area contributed by atoms with Gasteiger partial charge >= 0.3 is 5.97 Å². The highest BCUT2D eigenvalue weighted by molar-refractivity contribution is 5.94. The van der Waals surface area contributed by atoms with Gasteiger partial charge in [0.05, 0.1) is 0 Å². The van der Waals surface area contributed by atoms with E-state index in [4.69, 9.17) is 0 Å². The molecule has 4 nitrogen and oxygen atoms in total. The highest BCUT2D eigenvalue weighted by Crippen LogP contribution is 2.24. The molecule has 0 fully saturated rings. The van der Waals surface area contributed by atoms with E-state index >= 15 is 0 Å². The second kappa shape index (κ2) is 4.20. The van der Waals surface area contributed by atoms with Crippen LogP contribution in [0, 0.1) is 5.82 Å². The normalized spacial score (nSPS) is 10.8. The van der Waals surface area contributed by atoms with Crippen molar-refractivity contribution in [3.63, 3.8) is 0 Å².